The molecule has 1 fully saturated rings. The zero-order chi connectivity index (χ0) is 17.4. The van der Waals surface area contributed by atoms with Gasteiger partial charge in [-0.1, -0.05) is 19.9 Å². The average Bonchev–Trinajstić information content (AvgIpc) is 3.06. The van der Waals surface area contributed by atoms with Crippen molar-refractivity contribution < 1.29 is 4.39 Å². The highest BCUT2D eigenvalue weighted by Gasteiger charge is 2.40. The van der Waals surface area contributed by atoms with Gasteiger partial charge in [-0.25, -0.2) is 14.4 Å². The van der Waals surface area contributed by atoms with Gasteiger partial charge >= 0.3 is 0 Å². The van der Waals surface area contributed by atoms with Gasteiger partial charge in [0.25, 0.3) is 0 Å². The molecule has 1 aliphatic heterocycles. The molecule has 0 bridgehead atoms. The number of nitrogens with zero attached hydrogens (tertiary/aromatic N) is 3. The predicted octanol–water partition coefficient (Wildman–Crippen LogP) is 3.59. The summed E-state index contributed by atoms with van der Waals surface area (Å²) in [6.07, 6.45) is 2.60. The first-order chi connectivity index (χ1) is 12.1. The van der Waals surface area contributed by atoms with E-state index in [4.69, 9.17) is 0 Å². The number of nitrogens with one attached hydrogen (secondary N) is 2. The van der Waals surface area contributed by atoms with Crippen LogP contribution in [0.2, 0.25) is 0 Å². The number of piperidine rings is 1. The van der Waals surface area contributed by atoms with Crippen LogP contribution in [-0.4, -0.2) is 32.8 Å². The maximum atomic E-state index is 15.7. The molecule has 0 saturated carbocycles. The highest BCUT2D eigenvalue weighted by atomic mass is 19.1. The van der Waals surface area contributed by atoms with Crippen LogP contribution in [0.3, 0.4) is 0 Å². The number of halogens is 1. The number of pyridine rings is 2. The summed E-state index contributed by atoms with van der Waals surface area (Å²) in [4.78, 5) is 8.88. The van der Waals surface area contributed by atoms with Crippen LogP contribution in [0.1, 0.15) is 32.4 Å². The summed E-state index contributed by atoms with van der Waals surface area (Å²) in [5.74, 6) is 0.390. The van der Waals surface area contributed by atoms with Crippen LogP contribution in [0, 0.1) is 5.92 Å². The third-order valence-corrected chi connectivity index (χ3v) is 5.07. The minimum absolute atomic E-state index is 0.168. The van der Waals surface area contributed by atoms with Crippen LogP contribution < -0.4 is 5.32 Å². The molecule has 3 aromatic heterocycles. The molecule has 2 N–H and O–H groups in total. The smallest absolute Gasteiger partial charge is 0.181 e. The Balaban J connectivity index is 1.72. The normalized spacial score (nSPS) is 24.1. The van der Waals surface area contributed by atoms with Crippen molar-refractivity contribution in [2.24, 2.45) is 5.92 Å². The minimum atomic E-state index is -1.40. The van der Waals surface area contributed by atoms with Crippen LogP contribution >= 0.6 is 0 Å². The van der Waals surface area contributed by atoms with Crippen molar-refractivity contribution in [3.05, 3.63) is 42.2 Å². The fraction of sp³-hybridized carbons (Fsp3) is 0.421. The number of aromatic amines is 1. The molecule has 4 heterocycles. The lowest BCUT2D eigenvalue weighted by atomic mass is 9.82. The van der Waals surface area contributed by atoms with Crippen molar-refractivity contribution in [1.29, 1.82) is 0 Å². The van der Waals surface area contributed by atoms with Crippen LogP contribution in [0.25, 0.3) is 22.4 Å². The molecule has 1 unspecified atom stereocenters. The Morgan fingerprint density at radius 3 is 2.96 bits per heavy atom. The van der Waals surface area contributed by atoms with E-state index in [0.29, 0.717) is 42.3 Å². The Morgan fingerprint density at radius 2 is 2.12 bits per heavy atom. The van der Waals surface area contributed by atoms with Crippen molar-refractivity contribution in [3.63, 3.8) is 0 Å². The SMILES string of the molecule is CC(C)[C@@H]1CC(F)(c2cccc(-c3[nH]nc4ncccc34)n2)CCN1. The summed E-state index contributed by atoms with van der Waals surface area (Å²) < 4.78 is 15.7. The molecule has 0 radical (unpaired) electrons. The van der Waals surface area contributed by atoms with Gasteiger partial charge in [-0.2, -0.15) is 5.10 Å². The molecule has 6 heteroatoms. The third-order valence-electron chi connectivity index (χ3n) is 5.07. The molecular weight excluding hydrogens is 317 g/mol. The molecular formula is C19H22FN5. The maximum Gasteiger partial charge on any atom is 0.181 e. The van der Waals surface area contributed by atoms with Crippen LogP contribution in [0.5, 0.6) is 0 Å². The van der Waals surface area contributed by atoms with E-state index in [1.54, 1.807) is 12.3 Å². The summed E-state index contributed by atoms with van der Waals surface area (Å²) >= 11 is 0. The van der Waals surface area contributed by atoms with Crippen molar-refractivity contribution in [2.45, 2.75) is 38.4 Å². The zero-order valence-electron chi connectivity index (χ0n) is 14.5. The van der Waals surface area contributed by atoms with Gasteiger partial charge in [0.05, 0.1) is 17.1 Å². The Morgan fingerprint density at radius 1 is 1.24 bits per heavy atom. The molecule has 0 amide bonds. The van der Waals surface area contributed by atoms with Gasteiger partial charge in [0, 0.05) is 24.0 Å². The predicted molar refractivity (Wildman–Crippen MR) is 95.8 cm³/mol. The van der Waals surface area contributed by atoms with Gasteiger partial charge in [0.15, 0.2) is 11.3 Å². The van der Waals surface area contributed by atoms with E-state index in [9.17, 15) is 0 Å². The third kappa shape index (κ3) is 2.91. The lowest BCUT2D eigenvalue weighted by Crippen LogP contribution is -2.47. The van der Waals surface area contributed by atoms with E-state index in [-0.39, 0.29) is 6.04 Å². The van der Waals surface area contributed by atoms with Gasteiger partial charge in [0.1, 0.15) is 0 Å². The van der Waals surface area contributed by atoms with Crippen LogP contribution in [0.4, 0.5) is 4.39 Å². The summed E-state index contributed by atoms with van der Waals surface area (Å²) in [5.41, 5.74) is 1.22. The van der Waals surface area contributed by atoms with Crippen molar-refractivity contribution in [3.8, 4) is 11.4 Å². The first-order valence-corrected chi connectivity index (χ1v) is 8.76. The topological polar surface area (TPSA) is 66.5 Å². The summed E-state index contributed by atoms with van der Waals surface area (Å²) in [5, 5.41) is 11.5. The summed E-state index contributed by atoms with van der Waals surface area (Å²) in [7, 11) is 0. The van der Waals surface area contributed by atoms with E-state index >= 15 is 4.39 Å². The van der Waals surface area contributed by atoms with E-state index in [1.165, 1.54) is 0 Å². The van der Waals surface area contributed by atoms with Gasteiger partial charge in [-0.05, 0) is 43.1 Å². The quantitative estimate of drug-likeness (QED) is 0.765. The lowest BCUT2D eigenvalue weighted by Gasteiger charge is -2.37. The average molecular weight is 339 g/mol. The van der Waals surface area contributed by atoms with Gasteiger partial charge < -0.3 is 5.32 Å². The van der Waals surface area contributed by atoms with Crippen molar-refractivity contribution in [1.82, 2.24) is 25.5 Å². The highest BCUT2D eigenvalue weighted by Crippen LogP contribution is 2.38. The standard InChI is InChI=1S/C19H22FN5/c1-12(2)15-11-19(20,8-10-21-15)16-7-3-6-14(23-16)17-13-5-4-9-22-18(13)25-24-17/h3-7,9,12,15,21H,8,10-11H2,1-2H3,(H,22,24,25)/t15-,19?/m0/s1. The lowest BCUT2D eigenvalue weighted by molar-refractivity contribution is 0.0737. The monoisotopic (exact) mass is 339 g/mol. The van der Waals surface area contributed by atoms with Gasteiger partial charge in [0.2, 0.25) is 0 Å². The Hall–Kier alpha value is -2.34. The first-order valence-electron chi connectivity index (χ1n) is 8.76. The zero-order valence-corrected chi connectivity index (χ0v) is 14.5. The summed E-state index contributed by atoms with van der Waals surface area (Å²) in [6, 6.07) is 9.52. The number of aromatic nitrogens is 4. The Bertz CT molecular complexity index is 890. The summed E-state index contributed by atoms with van der Waals surface area (Å²) in [6.45, 7) is 4.91. The molecule has 3 aromatic rings. The van der Waals surface area contributed by atoms with E-state index in [1.807, 2.05) is 24.3 Å². The van der Waals surface area contributed by atoms with Crippen molar-refractivity contribution >= 4 is 11.0 Å². The molecule has 1 saturated heterocycles. The molecule has 0 aromatic carbocycles. The van der Waals surface area contributed by atoms with Gasteiger partial charge in [-0.15, -0.1) is 0 Å². The fourth-order valence-corrected chi connectivity index (χ4v) is 3.55. The molecule has 5 nitrogen and oxygen atoms in total. The number of alkyl halides is 1. The maximum absolute atomic E-state index is 15.7. The molecule has 0 aliphatic carbocycles. The molecule has 0 spiro atoms. The molecule has 25 heavy (non-hydrogen) atoms. The molecule has 4 rings (SSSR count). The second-order valence-electron chi connectivity index (χ2n) is 7.11. The largest absolute Gasteiger partial charge is 0.313 e. The number of hydrogen-bond donors (Lipinski definition) is 2. The van der Waals surface area contributed by atoms with Crippen LogP contribution in [-0.2, 0) is 5.67 Å². The second-order valence-corrected chi connectivity index (χ2v) is 7.11. The molecule has 1 aliphatic rings. The molecule has 2 atom stereocenters. The first kappa shape index (κ1) is 16.1. The van der Waals surface area contributed by atoms with E-state index in [2.05, 4.69) is 39.3 Å². The number of rotatable bonds is 3. The Kier molecular flexibility index (Phi) is 4.00. The van der Waals surface area contributed by atoms with Gasteiger partial charge in [-0.3, -0.25) is 5.10 Å². The van der Waals surface area contributed by atoms with E-state index < -0.39 is 5.67 Å². The Labute approximate surface area is 146 Å². The second kappa shape index (κ2) is 6.19. The van der Waals surface area contributed by atoms with Crippen molar-refractivity contribution in [2.75, 3.05) is 6.54 Å². The molecule has 130 valence electrons. The number of hydrogen-bond acceptors (Lipinski definition) is 4. The van der Waals surface area contributed by atoms with Crippen LogP contribution in [0.15, 0.2) is 36.5 Å². The minimum Gasteiger partial charge on any atom is -0.313 e. The van der Waals surface area contributed by atoms with E-state index in [0.717, 1.165) is 11.1 Å². The number of H-pyrrole nitrogens is 1. The number of fused-ring (bicyclic) bond motifs is 1. The fourth-order valence-electron chi connectivity index (χ4n) is 3.55. The highest BCUT2D eigenvalue weighted by molar-refractivity contribution is 5.89.